The summed E-state index contributed by atoms with van der Waals surface area (Å²) in [7, 11) is 0. The summed E-state index contributed by atoms with van der Waals surface area (Å²) in [5, 5.41) is 6.44. The maximum absolute atomic E-state index is 13.2. The van der Waals surface area contributed by atoms with Crippen molar-refractivity contribution < 1.29 is 37.5 Å². The molecular weight excluding hydrogens is 793 g/mol. The lowest BCUT2D eigenvalue weighted by Crippen LogP contribution is -2.23. The van der Waals surface area contributed by atoms with Crippen molar-refractivity contribution in [1.82, 2.24) is 19.9 Å². The molecule has 0 bridgehead atoms. The molecule has 16 heteroatoms. The topological polar surface area (TPSA) is 189 Å². The van der Waals surface area contributed by atoms with Crippen molar-refractivity contribution in [2.24, 2.45) is 11.8 Å². The first-order valence-electron chi connectivity index (χ1n) is 19.7. The van der Waals surface area contributed by atoms with E-state index in [-0.39, 0.29) is 35.2 Å². The number of ketones is 2. The predicted octanol–water partition coefficient (Wildman–Crippen LogP) is 8.37. The Hall–Kier alpha value is -5.68. The Balaban J connectivity index is 0.000000164. The number of thiazole rings is 2. The zero-order valence-electron chi connectivity index (χ0n) is 32.4. The van der Waals surface area contributed by atoms with Gasteiger partial charge >= 0.3 is 0 Å². The zero-order chi connectivity index (χ0) is 40.7. The van der Waals surface area contributed by atoms with Crippen LogP contribution in [0.4, 0.5) is 10.3 Å². The average molecular weight is 835 g/mol. The Morgan fingerprint density at radius 2 is 1.25 bits per heavy atom. The summed E-state index contributed by atoms with van der Waals surface area (Å²) in [6.45, 7) is 4.35. The number of nitrogens with one attached hydrogen (secondary N) is 2. The van der Waals surface area contributed by atoms with Crippen molar-refractivity contribution in [3.05, 3.63) is 106 Å². The number of fused-ring (bicyclic) bond motifs is 1. The van der Waals surface area contributed by atoms with Crippen LogP contribution in [0.15, 0.2) is 76.7 Å². The molecule has 9 rings (SSSR count). The normalized spacial score (nSPS) is 15.5. The highest BCUT2D eigenvalue weighted by Gasteiger charge is 2.31. The Morgan fingerprint density at radius 3 is 1.76 bits per heavy atom. The first-order chi connectivity index (χ1) is 28.8. The Kier molecular flexibility index (Phi) is 12.6. The van der Waals surface area contributed by atoms with E-state index in [1.54, 1.807) is 49.4 Å². The summed E-state index contributed by atoms with van der Waals surface area (Å²) in [6.07, 6.45) is 17.6. The fourth-order valence-corrected chi connectivity index (χ4v) is 9.26. The fourth-order valence-electron chi connectivity index (χ4n) is 7.26. The van der Waals surface area contributed by atoms with E-state index in [1.807, 2.05) is 13.0 Å². The summed E-state index contributed by atoms with van der Waals surface area (Å²) >= 11 is 2.41. The molecular formula is C43H42N6O8S2. The number of amides is 2. The molecule has 2 amide bonds. The molecule has 6 aromatic heterocycles. The van der Waals surface area contributed by atoms with Crippen LogP contribution < -0.4 is 10.6 Å². The van der Waals surface area contributed by atoms with Gasteiger partial charge in [0.15, 0.2) is 21.8 Å². The summed E-state index contributed by atoms with van der Waals surface area (Å²) < 4.78 is 21.1. The van der Waals surface area contributed by atoms with Crippen molar-refractivity contribution in [1.29, 1.82) is 0 Å². The maximum atomic E-state index is 13.2. The summed E-state index contributed by atoms with van der Waals surface area (Å²) in [5.41, 5.74) is 6.68. The first kappa shape index (κ1) is 40.1. The molecule has 2 aliphatic heterocycles. The van der Waals surface area contributed by atoms with Crippen LogP contribution in [0.2, 0.25) is 0 Å². The van der Waals surface area contributed by atoms with Gasteiger partial charge in [0.25, 0.3) is 11.8 Å². The third-order valence-corrected chi connectivity index (χ3v) is 12.5. The number of rotatable bonds is 11. The van der Waals surface area contributed by atoms with E-state index in [9.17, 15) is 19.2 Å². The van der Waals surface area contributed by atoms with Crippen LogP contribution >= 0.6 is 22.7 Å². The third-order valence-electron chi connectivity index (χ3n) is 10.6. The van der Waals surface area contributed by atoms with Gasteiger partial charge in [-0.3, -0.25) is 39.8 Å². The quantitative estimate of drug-likeness (QED) is 0.119. The number of Topliss-reactive ketones (excluding diaryl/α,β-unsaturated/α-hetero) is 2. The zero-order valence-corrected chi connectivity index (χ0v) is 34.0. The van der Waals surface area contributed by atoms with Crippen LogP contribution in [0.5, 0.6) is 0 Å². The lowest BCUT2D eigenvalue weighted by molar-refractivity contribution is 0.0546. The predicted molar refractivity (Wildman–Crippen MR) is 221 cm³/mol. The number of hydrogen-bond acceptors (Lipinski definition) is 14. The molecule has 0 spiro atoms. The van der Waals surface area contributed by atoms with Gasteiger partial charge in [-0.15, -0.1) is 0 Å². The van der Waals surface area contributed by atoms with Crippen molar-refractivity contribution in [2.75, 3.05) is 37.1 Å². The standard InChI is InChI=1S/C22H21N3O4S.C21H21N3O4S/c26-19(13-4-7-28-8-5-13)20-18(15-6-9-29-12-15)24-22(30-20)25-21(27)16-10-14-2-1-3-17(14)23-11-16;1-2-13-9-16(11-22-10-13)20(26)24-21-23-17(15-5-8-28-12-15)19(29-21)18(25)14-3-6-27-7-4-14/h6,9-13H,1-5,7-8H2,(H,24,25,27);5,8-12,14H,2-4,6-7H2,1H3,(H,23,24,26). The second kappa shape index (κ2) is 18.5. The second-order valence-electron chi connectivity index (χ2n) is 14.4. The number of carbonyl (C=O) groups excluding carboxylic acids is 4. The second-order valence-corrected chi connectivity index (χ2v) is 16.4. The number of nitrogens with zero attached hydrogens (tertiary/aromatic N) is 4. The highest BCUT2D eigenvalue weighted by Crippen LogP contribution is 2.37. The molecule has 8 heterocycles. The van der Waals surface area contributed by atoms with Crippen LogP contribution in [-0.4, -0.2) is 69.7 Å². The first-order valence-corrected chi connectivity index (χ1v) is 21.3. The third kappa shape index (κ3) is 9.31. The maximum Gasteiger partial charge on any atom is 0.259 e. The van der Waals surface area contributed by atoms with Gasteiger partial charge in [0.05, 0.1) is 47.6 Å². The van der Waals surface area contributed by atoms with Crippen LogP contribution in [0.25, 0.3) is 22.5 Å². The fraction of sp³-hybridized carbons (Fsp3) is 0.349. The van der Waals surface area contributed by atoms with E-state index < -0.39 is 0 Å². The van der Waals surface area contributed by atoms with Gasteiger partial charge in [-0.1, -0.05) is 29.6 Å². The van der Waals surface area contributed by atoms with Gasteiger partial charge in [0.1, 0.15) is 9.75 Å². The molecule has 2 saturated heterocycles. The molecule has 3 aliphatic rings. The molecule has 1 aliphatic carbocycles. The SMILES string of the molecule is CCc1cncc(C(=O)Nc2nc(-c3ccoc3)c(C(=O)C3CCOCC3)s2)c1.O=C(Nc1nc(-c2ccoc2)c(C(=O)C2CCOCC2)s1)c1cnc2c(c1)CCC2. The monoisotopic (exact) mass is 834 g/mol. The van der Waals surface area contributed by atoms with Crippen LogP contribution in [0.1, 0.15) is 95.9 Å². The van der Waals surface area contributed by atoms with Crippen molar-refractivity contribution in [3.8, 4) is 22.5 Å². The number of carbonyl (C=O) groups is 4. The molecule has 0 unspecified atom stereocenters. The van der Waals surface area contributed by atoms with Gasteiger partial charge in [-0.25, -0.2) is 9.97 Å². The summed E-state index contributed by atoms with van der Waals surface area (Å²) in [6, 6.07) is 7.24. The molecule has 6 aromatic rings. The van der Waals surface area contributed by atoms with Gasteiger partial charge in [0, 0.05) is 73.7 Å². The number of hydrogen-bond donors (Lipinski definition) is 2. The number of anilines is 2. The minimum atomic E-state index is -0.301. The number of ether oxygens (including phenoxy) is 2. The molecule has 2 N–H and O–H groups in total. The van der Waals surface area contributed by atoms with Crippen LogP contribution in [-0.2, 0) is 28.7 Å². The van der Waals surface area contributed by atoms with Gasteiger partial charge < -0.3 is 18.3 Å². The number of aromatic nitrogens is 4. The smallest absolute Gasteiger partial charge is 0.259 e. The van der Waals surface area contributed by atoms with Crippen molar-refractivity contribution in [2.45, 2.75) is 58.3 Å². The average Bonchev–Trinajstić information content (AvgIpc) is 4.14. The molecule has 2 fully saturated rings. The Morgan fingerprint density at radius 1 is 0.712 bits per heavy atom. The Labute approximate surface area is 347 Å². The van der Waals surface area contributed by atoms with E-state index in [0.29, 0.717) is 100 Å². The molecule has 59 heavy (non-hydrogen) atoms. The van der Waals surface area contributed by atoms with Gasteiger partial charge in [0.2, 0.25) is 0 Å². The number of aryl methyl sites for hydroxylation is 3. The van der Waals surface area contributed by atoms with Gasteiger partial charge in [-0.2, -0.15) is 0 Å². The number of pyridine rings is 2. The lowest BCUT2D eigenvalue weighted by atomic mass is 9.93. The minimum Gasteiger partial charge on any atom is -0.472 e. The molecule has 0 aromatic carbocycles. The van der Waals surface area contributed by atoms with E-state index in [4.69, 9.17) is 18.3 Å². The lowest BCUT2D eigenvalue weighted by Gasteiger charge is -2.20. The Bertz CT molecular complexity index is 2430. The van der Waals surface area contributed by atoms with E-state index >= 15 is 0 Å². The number of furan rings is 2. The molecule has 0 saturated carbocycles. The highest BCUT2D eigenvalue weighted by atomic mass is 32.1. The molecule has 0 radical (unpaired) electrons. The summed E-state index contributed by atoms with van der Waals surface area (Å²) in [5.74, 6) is -0.665. The van der Waals surface area contributed by atoms with Gasteiger partial charge in [-0.05, 0) is 86.8 Å². The molecule has 304 valence electrons. The largest absolute Gasteiger partial charge is 0.472 e. The summed E-state index contributed by atoms with van der Waals surface area (Å²) in [4.78, 5) is 70.5. The van der Waals surface area contributed by atoms with E-state index in [1.165, 1.54) is 35.1 Å². The van der Waals surface area contributed by atoms with Crippen molar-refractivity contribution >= 4 is 56.3 Å². The van der Waals surface area contributed by atoms with Crippen LogP contribution in [0.3, 0.4) is 0 Å². The van der Waals surface area contributed by atoms with Crippen LogP contribution in [0, 0.1) is 11.8 Å². The van der Waals surface area contributed by atoms with E-state index in [2.05, 4.69) is 30.6 Å². The molecule has 14 nitrogen and oxygen atoms in total. The van der Waals surface area contributed by atoms with Crippen molar-refractivity contribution in [3.63, 3.8) is 0 Å². The highest BCUT2D eigenvalue weighted by molar-refractivity contribution is 7.18. The molecule has 0 atom stereocenters. The minimum absolute atomic E-state index is 0.0390. The van der Waals surface area contributed by atoms with E-state index in [0.717, 1.165) is 48.1 Å².